The third kappa shape index (κ3) is 2.73. The van der Waals surface area contributed by atoms with E-state index >= 15 is 0 Å². The maximum Gasteiger partial charge on any atom is 0.0399 e. The summed E-state index contributed by atoms with van der Waals surface area (Å²) < 4.78 is 0. The third-order valence-corrected chi connectivity index (χ3v) is 3.36. The van der Waals surface area contributed by atoms with Crippen LogP contribution >= 0.6 is 0 Å². The van der Waals surface area contributed by atoms with E-state index in [9.17, 15) is 0 Å². The summed E-state index contributed by atoms with van der Waals surface area (Å²) in [5, 5.41) is 0. The average Bonchev–Trinajstić information content (AvgIpc) is 2.38. The van der Waals surface area contributed by atoms with E-state index in [1.165, 1.54) is 37.9 Å². The molecule has 1 aliphatic rings. The Bertz CT molecular complexity index is 299. The Kier molecular flexibility index (Phi) is 4.17. The van der Waals surface area contributed by atoms with E-state index in [1.54, 1.807) is 0 Å². The Labute approximate surface area is 97.7 Å². The minimum absolute atomic E-state index is 0.680. The molecule has 1 saturated heterocycles. The molecule has 0 amide bonds. The standard InChI is InChI=1S/C13H21N3/c14-8-3-5-12-4-1-2-11-16(12)13-6-9-15-10-7-13/h6-7,9-10,12H,1-5,8,11,14H2. The van der Waals surface area contributed by atoms with Crippen LogP contribution in [-0.4, -0.2) is 24.1 Å². The van der Waals surface area contributed by atoms with E-state index in [1.807, 2.05) is 12.4 Å². The summed E-state index contributed by atoms with van der Waals surface area (Å²) in [6.07, 6.45) is 10.1. The Morgan fingerprint density at radius 3 is 2.88 bits per heavy atom. The smallest absolute Gasteiger partial charge is 0.0399 e. The SMILES string of the molecule is NCCCC1CCCCN1c1ccncc1. The molecule has 0 saturated carbocycles. The van der Waals surface area contributed by atoms with Crippen molar-refractivity contribution >= 4 is 5.69 Å². The van der Waals surface area contributed by atoms with Gasteiger partial charge in [-0.15, -0.1) is 0 Å². The number of nitrogens with two attached hydrogens (primary N) is 1. The average molecular weight is 219 g/mol. The summed E-state index contributed by atoms with van der Waals surface area (Å²) >= 11 is 0. The number of nitrogens with zero attached hydrogens (tertiary/aromatic N) is 2. The van der Waals surface area contributed by atoms with Crippen LogP contribution in [0.4, 0.5) is 5.69 Å². The summed E-state index contributed by atoms with van der Waals surface area (Å²) in [5.41, 5.74) is 6.92. The van der Waals surface area contributed by atoms with Crippen molar-refractivity contribution in [2.45, 2.75) is 38.1 Å². The minimum Gasteiger partial charge on any atom is -0.368 e. The lowest BCUT2D eigenvalue weighted by Crippen LogP contribution is -2.39. The summed E-state index contributed by atoms with van der Waals surface area (Å²) in [6.45, 7) is 1.99. The van der Waals surface area contributed by atoms with E-state index in [-0.39, 0.29) is 0 Å². The lowest BCUT2D eigenvalue weighted by Gasteiger charge is -2.37. The van der Waals surface area contributed by atoms with Gasteiger partial charge in [0.15, 0.2) is 0 Å². The quantitative estimate of drug-likeness (QED) is 0.844. The molecule has 0 aliphatic carbocycles. The predicted molar refractivity (Wildman–Crippen MR) is 67.5 cm³/mol. The molecule has 0 spiro atoms. The van der Waals surface area contributed by atoms with Gasteiger partial charge < -0.3 is 10.6 Å². The molecule has 2 heterocycles. The fraction of sp³-hybridized carbons (Fsp3) is 0.615. The van der Waals surface area contributed by atoms with Crippen molar-refractivity contribution in [3.63, 3.8) is 0 Å². The highest BCUT2D eigenvalue weighted by molar-refractivity contribution is 5.46. The van der Waals surface area contributed by atoms with Crippen molar-refractivity contribution in [1.29, 1.82) is 0 Å². The normalized spacial score (nSPS) is 21.1. The second-order valence-electron chi connectivity index (χ2n) is 4.48. The van der Waals surface area contributed by atoms with Gasteiger partial charge in [0.05, 0.1) is 0 Å². The zero-order valence-electron chi connectivity index (χ0n) is 9.81. The third-order valence-electron chi connectivity index (χ3n) is 3.36. The van der Waals surface area contributed by atoms with Crippen LogP contribution in [0.3, 0.4) is 0 Å². The largest absolute Gasteiger partial charge is 0.368 e. The highest BCUT2D eigenvalue weighted by atomic mass is 15.2. The van der Waals surface area contributed by atoms with Crippen LogP contribution in [-0.2, 0) is 0 Å². The summed E-state index contributed by atoms with van der Waals surface area (Å²) in [6, 6.07) is 4.90. The van der Waals surface area contributed by atoms with Crippen molar-refractivity contribution in [2.75, 3.05) is 18.0 Å². The molecule has 88 valence electrons. The first-order chi connectivity index (χ1) is 7.92. The van der Waals surface area contributed by atoms with Crippen LogP contribution in [0, 0.1) is 0 Å². The fourth-order valence-corrected chi connectivity index (χ4v) is 2.53. The highest BCUT2D eigenvalue weighted by Crippen LogP contribution is 2.26. The number of aromatic nitrogens is 1. The van der Waals surface area contributed by atoms with Gasteiger partial charge in [-0.05, 0) is 50.8 Å². The van der Waals surface area contributed by atoms with Gasteiger partial charge in [-0.1, -0.05) is 0 Å². The Morgan fingerprint density at radius 2 is 2.12 bits per heavy atom. The van der Waals surface area contributed by atoms with E-state index in [2.05, 4.69) is 22.0 Å². The Morgan fingerprint density at radius 1 is 1.31 bits per heavy atom. The van der Waals surface area contributed by atoms with Crippen molar-refractivity contribution in [2.24, 2.45) is 5.73 Å². The van der Waals surface area contributed by atoms with Gasteiger partial charge in [-0.3, -0.25) is 4.98 Å². The maximum absolute atomic E-state index is 5.60. The second-order valence-corrected chi connectivity index (χ2v) is 4.48. The lowest BCUT2D eigenvalue weighted by molar-refractivity contribution is 0.431. The molecule has 0 bridgehead atoms. The fourth-order valence-electron chi connectivity index (χ4n) is 2.53. The van der Waals surface area contributed by atoms with Crippen LogP contribution in [0.1, 0.15) is 32.1 Å². The molecule has 1 aliphatic heterocycles. The topological polar surface area (TPSA) is 42.1 Å². The van der Waals surface area contributed by atoms with Crippen molar-refractivity contribution in [1.82, 2.24) is 4.98 Å². The van der Waals surface area contributed by atoms with E-state index < -0.39 is 0 Å². The number of pyridine rings is 1. The van der Waals surface area contributed by atoms with E-state index in [4.69, 9.17) is 5.73 Å². The Balaban J connectivity index is 2.04. The van der Waals surface area contributed by atoms with E-state index in [0.29, 0.717) is 6.04 Å². The molecule has 3 heteroatoms. The monoisotopic (exact) mass is 219 g/mol. The first-order valence-electron chi connectivity index (χ1n) is 6.28. The maximum atomic E-state index is 5.60. The lowest BCUT2D eigenvalue weighted by atomic mass is 9.97. The molecule has 1 aromatic heterocycles. The molecular weight excluding hydrogens is 198 g/mol. The van der Waals surface area contributed by atoms with Crippen molar-refractivity contribution in [3.05, 3.63) is 24.5 Å². The van der Waals surface area contributed by atoms with Crippen LogP contribution < -0.4 is 10.6 Å². The van der Waals surface area contributed by atoms with E-state index in [0.717, 1.165) is 13.0 Å². The molecule has 0 radical (unpaired) electrons. The molecule has 1 atom stereocenters. The molecular formula is C13H21N3. The molecule has 3 nitrogen and oxygen atoms in total. The van der Waals surface area contributed by atoms with Gasteiger partial charge in [0, 0.05) is 30.7 Å². The molecule has 16 heavy (non-hydrogen) atoms. The highest BCUT2D eigenvalue weighted by Gasteiger charge is 2.21. The van der Waals surface area contributed by atoms with Gasteiger partial charge in [0.2, 0.25) is 0 Å². The molecule has 1 unspecified atom stereocenters. The number of rotatable bonds is 4. The molecule has 0 aromatic carbocycles. The zero-order chi connectivity index (χ0) is 11.2. The van der Waals surface area contributed by atoms with Gasteiger partial charge >= 0.3 is 0 Å². The van der Waals surface area contributed by atoms with Crippen LogP contribution in [0.15, 0.2) is 24.5 Å². The van der Waals surface area contributed by atoms with Crippen molar-refractivity contribution < 1.29 is 0 Å². The molecule has 1 fully saturated rings. The predicted octanol–water partition coefficient (Wildman–Crippen LogP) is 2.18. The number of hydrogen-bond donors (Lipinski definition) is 1. The molecule has 2 N–H and O–H groups in total. The summed E-state index contributed by atoms with van der Waals surface area (Å²) in [4.78, 5) is 6.61. The van der Waals surface area contributed by atoms with Gasteiger partial charge in [-0.2, -0.15) is 0 Å². The Hall–Kier alpha value is -1.09. The summed E-state index contributed by atoms with van der Waals surface area (Å²) in [5.74, 6) is 0. The first-order valence-corrected chi connectivity index (χ1v) is 6.28. The van der Waals surface area contributed by atoms with Crippen LogP contribution in [0.25, 0.3) is 0 Å². The summed E-state index contributed by atoms with van der Waals surface area (Å²) in [7, 11) is 0. The van der Waals surface area contributed by atoms with Crippen molar-refractivity contribution in [3.8, 4) is 0 Å². The second kappa shape index (κ2) is 5.85. The zero-order valence-corrected chi connectivity index (χ0v) is 9.81. The molecule has 2 rings (SSSR count). The van der Waals surface area contributed by atoms with Crippen LogP contribution in [0.2, 0.25) is 0 Å². The number of hydrogen-bond acceptors (Lipinski definition) is 3. The first kappa shape index (κ1) is 11.4. The van der Waals surface area contributed by atoms with Gasteiger partial charge in [0.1, 0.15) is 0 Å². The number of anilines is 1. The number of piperidine rings is 1. The molecule has 1 aromatic rings. The van der Waals surface area contributed by atoms with Crippen LogP contribution in [0.5, 0.6) is 0 Å². The van der Waals surface area contributed by atoms with Gasteiger partial charge in [0.25, 0.3) is 0 Å². The van der Waals surface area contributed by atoms with Gasteiger partial charge in [-0.25, -0.2) is 0 Å². The minimum atomic E-state index is 0.680.